The molecule has 15 heavy (non-hydrogen) atoms. The van der Waals surface area contributed by atoms with Gasteiger partial charge in [0, 0.05) is 12.0 Å². The van der Waals surface area contributed by atoms with Gasteiger partial charge in [-0.15, -0.1) is 0 Å². The zero-order chi connectivity index (χ0) is 11.3. The van der Waals surface area contributed by atoms with Crippen molar-refractivity contribution in [3.8, 4) is 0 Å². The normalized spacial score (nSPS) is 15.8. The van der Waals surface area contributed by atoms with Crippen molar-refractivity contribution in [1.82, 2.24) is 0 Å². The lowest BCUT2D eigenvalue weighted by Gasteiger charge is -2.17. The topological polar surface area (TPSA) is 26.0 Å². The summed E-state index contributed by atoms with van der Waals surface area (Å²) >= 11 is 0. The fourth-order valence-corrected chi connectivity index (χ4v) is 1.69. The fourth-order valence-electron chi connectivity index (χ4n) is 1.69. The highest BCUT2D eigenvalue weighted by atomic mass is 14.6. The quantitative estimate of drug-likeness (QED) is 0.746. The molecule has 0 aromatic heterocycles. The molecule has 0 fully saturated rings. The van der Waals surface area contributed by atoms with E-state index in [1.54, 1.807) is 0 Å². The molecule has 0 aliphatic carbocycles. The van der Waals surface area contributed by atoms with E-state index in [2.05, 4.69) is 56.3 Å². The molecule has 0 saturated carbocycles. The molecule has 1 aromatic carbocycles. The summed E-state index contributed by atoms with van der Waals surface area (Å²) in [7, 11) is 0. The molecule has 0 spiro atoms. The molecular weight excluding hydrogens is 182 g/mol. The van der Waals surface area contributed by atoms with Crippen molar-refractivity contribution in [2.75, 3.05) is 0 Å². The lowest BCUT2D eigenvalue weighted by Crippen LogP contribution is -2.12. The van der Waals surface area contributed by atoms with E-state index in [0.717, 1.165) is 0 Å². The molecule has 2 unspecified atom stereocenters. The molecule has 0 bridgehead atoms. The van der Waals surface area contributed by atoms with Crippen LogP contribution in [-0.4, -0.2) is 6.04 Å². The molecule has 0 radical (unpaired) electrons. The molecule has 2 atom stereocenters. The lowest BCUT2D eigenvalue weighted by atomic mass is 9.88. The van der Waals surface area contributed by atoms with Crippen LogP contribution in [0.3, 0.4) is 0 Å². The first-order chi connectivity index (χ1) is 7.11. The van der Waals surface area contributed by atoms with Crippen molar-refractivity contribution < 1.29 is 0 Å². The van der Waals surface area contributed by atoms with Crippen LogP contribution in [0.4, 0.5) is 0 Å². The van der Waals surface area contributed by atoms with Gasteiger partial charge in [0.15, 0.2) is 0 Å². The first-order valence-electron chi connectivity index (χ1n) is 5.60. The van der Waals surface area contributed by atoms with Crippen LogP contribution < -0.4 is 5.73 Å². The van der Waals surface area contributed by atoms with E-state index in [9.17, 15) is 0 Å². The Morgan fingerprint density at radius 1 is 1.00 bits per heavy atom. The summed E-state index contributed by atoms with van der Waals surface area (Å²) in [6.45, 7) is 6.48. The molecule has 1 rings (SSSR count). The van der Waals surface area contributed by atoms with E-state index >= 15 is 0 Å². The van der Waals surface area contributed by atoms with Crippen molar-refractivity contribution in [1.29, 1.82) is 0 Å². The Balaban J connectivity index is 2.84. The molecule has 0 aliphatic heterocycles. The molecule has 1 nitrogen and oxygen atoms in total. The van der Waals surface area contributed by atoms with Crippen LogP contribution in [0.1, 0.15) is 32.3 Å². The van der Waals surface area contributed by atoms with Crippen LogP contribution in [-0.2, 0) is 0 Å². The highest BCUT2D eigenvalue weighted by Crippen LogP contribution is 2.25. The maximum Gasteiger partial charge on any atom is 0.0195 e. The predicted molar refractivity (Wildman–Crippen MR) is 66.8 cm³/mol. The third-order valence-corrected chi connectivity index (χ3v) is 2.52. The molecule has 0 saturated heterocycles. The maximum atomic E-state index is 5.73. The second-order valence-electron chi connectivity index (χ2n) is 4.42. The summed E-state index contributed by atoms with van der Waals surface area (Å²) in [4.78, 5) is 0. The Hall–Kier alpha value is -1.08. The van der Waals surface area contributed by atoms with E-state index in [1.807, 2.05) is 6.92 Å². The Labute approximate surface area is 93.0 Å². The second kappa shape index (κ2) is 5.72. The van der Waals surface area contributed by atoms with Gasteiger partial charge in [-0.05, 0) is 18.4 Å². The second-order valence-corrected chi connectivity index (χ2v) is 4.42. The van der Waals surface area contributed by atoms with Gasteiger partial charge in [-0.2, -0.15) is 0 Å². The number of rotatable bonds is 4. The summed E-state index contributed by atoms with van der Waals surface area (Å²) in [5.74, 6) is 1.07. The van der Waals surface area contributed by atoms with Crippen LogP contribution in [0.2, 0.25) is 0 Å². The Morgan fingerprint density at radius 2 is 1.60 bits per heavy atom. The predicted octanol–water partition coefficient (Wildman–Crippen LogP) is 3.33. The third kappa shape index (κ3) is 3.88. The number of allylic oxidation sites excluding steroid dienone is 1. The standard InChI is InChI=1S/C14H21N/c1-11(2)14(10-9-12(3)15)13-7-5-4-6-8-13/h4-12,14H,15H2,1-3H3/b10-9+. The van der Waals surface area contributed by atoms with E-state index in [4.69, 9.17) is 5.73 Å². The fraction of sp³-hybridized carbons (Fsp3) is 0.429. The SMILES string of the molecule is CC(N)/C=C/C(c1ccccc1)C(C)C. The number of benzene rings is 1. The van der Waals surface area contributed by atoms with Crippen molar-refractivity contribution in [3.63, 3.8) is 0 Å². The van der Waals surface area contributed by atoms with Gasteiger partial charge in [-0.25, -0.2) is 0 Å². The first kappa shape index (κ1) is 12.0. The molecule has 0 aliphatic rings. The molecule has 1 heteroatoms. The molecule has 0 amide bonds. The smallest absolute Gasteiger partial charge is 0.0195 e. The summed E-state index contributed by atoms with van der Waals surface area (Å²) < 4.78 is 0. The molecule has 1 aromatic rings. The summed E-state index contributed by atoms with van der Waals surface area (Å²) in [6, 6.07) is 10.7. The summed E-state index contributed by atoms with van der Waals surface area (Å²) in [5.41, 5.74) is 7.10. The monoisotopic (exact) mass is 203 g/mol. The maximum absolute atomic E-state index is 5.73. The summed E-state index contributed by atoms with van der Waals surface area (Å²) in [5, 5.41) is 0. The van der Waals surface area contributed by atoms with Crippen molar-refractivity contribution in [3.05, 3.63) is 48.0 Å². The van der Waals surface area contributed by atoms with Crippen molar-refractivity contribution >= 4 is 0 Å². The third-order valence-electron chi connectivity index (χ3n) is 2.52. The van der Waals surface area contributed by atoms with Gasteiger partial charge in [0.1, 0.15) is 0 Å². The minimum Gasteiger partial charge on any atom is -0.325 e. The Bertz CT molecular complexity index is 298. The van der Waals surface area contributed by atoms with Crippen molar-refractivity contribution in [2.24, 2.45) is 11.7 Å². The highest BCUT2D eigenvalue weighted by molar-refractivity contribution is 5.24. The van der Waals surface area contributed by atoms with Gasteiger partial charge in [0.05, 0.1) is 0 Å². The van der Waals surface area contributed by atoms with E-state index < -0.39 is 0 Å². The van der Waals surface area contributed by atoms with Crippen LogP contribution >= 0.6 is 0 Å². The van der Waals surface area contributed by atoms with Gasteiger partial charge >= 0.3 is 0 Å². The summed E-state index contributed by atoms with van der Waals surface area (Å²) in [6.07, 6.45) is 4.31. The number of hydrogen-bond acceptors (Lipinski definition) is 1. The number of hydrogen-bond donors (Lipinski definition) is 1. The largest absolute Gasteiger partial charge is 0.325 e. The Morgan fingerprint density at radius 3 is 2.07 bits per heavy atom. The van der Waals surface area contributed by atoms with E-state index in [0.29, 0.717) is 11.8 Å². The van der Waals surface area contributed by atoms with E-state index in [-0.39, 0.29) is 6.04 Å². The van der Waals surface area contributed by atoms with Gasteiger partial charge in [0.25, 0.3) is 0 Å². The zero-order valence-corrected chi connectivity index (χ0v) is 9.85. The minimum atomic E-state index is 0.134. The average Bonchev–Trinajstić information content (AvgIpc) is 2.18. The minimum absolute atomic E-state index is 0.134. The van der Waals surface area contributed by atoms with Gasteiger partial charge in [-0.1, -0.05) is 56.3 Å². The average molecular weight is 203 g/mol. The van der Waals surface area contributed by atoms with Gasteiger partial charge in [-0.3, -0.25) is 0 Å². The van der Waals surface area contributed by atoms with Crippen LogP contribution in [0.25, 0.3) is 0 Å². The lowest BCUT2D eigenvalue weighted by molar-refractivity contribution is 0.576. The first-order valence-corrected chi connectivity index (χ1v) is 5.60. The molecule has 0 heterocycles. The van der Waals surface area contributed by atoms with Gasteiger partial charge in [0.2, 0.25) is 0 Å². The molecular formula is C14H21N. The van der Waals surface area contributed by atoms with Crippen LogP contribution in [0, 0.1) is 5.92 Å². The zero-order valence-electron chi connectivity index (χ0n) is 9.85. The van der Waals surface area contributed by atoms with Crippen LogP contribution in [0.5, 0.6) is 0 Å². The molecule has 2 N–H and O–H groups in total. The number of nitrogens with two attached hydrogens (primary N) is 1. The Kier molecular flexibility index (Phi) is 4.57. The van der Waals surface area contributed by atoms with Crippen LogP contribution in [0.15, 0.2) is 42.5 Å². The van der Waals surface area contributed by atoms with Crippen molar-refractivity contribution in [2.45, 2.75) is 32.7 Å². The highest BCUT2D eigenvalue weighted by Gasteiger charge is 2.11. The van der Waals surface area contributed by atoms with E-state index in [1.165, 1.54) is 5.56 Å². The van der Waals surface area contributed by atoms with Gasteiger partial charge < -0.3 is 5.73 Å². The molecule has 82 valence electrons.